The maximum Gasteiger partial charge on any atom is 0.403 e. The van der Waals surface area contributed by atoms with Crippen LogP contribution in [0.5, 0.6) is 5.75 Å². The molecule has 0 radical (unpaired) electrons. The maximum atomic E-state index is 11.4. The Balaban J connectivity index is 2.66. The highest BCUT2D eigenvalue weighted by molar-refractivity contribution is 8.21. The van der Waals surface area contributed by atoms with Crippen LogP contribution >= 0.6 is 51.1 Å². The van der Waals surface area contributed by atoms with Crippen molar-refractivity contribution >= 4 is 57.0 Å². The van der Waals surface area contributed by atoms with Crippen molar-refractivity contribution in [3.63, 3.8) is 0 Å². The van der Waals surface area contributed by atoms with Crippen LogP contribution < -0.4 is 4.89 Å². The highest BCUT2D eigenvalue weighted by Gasteiger charge is 2.24. The molecule has 1 rings (SSSR count). The number of rotatable bonds is 7. The minimum absolute atomic E-state index is 0.160. The molecule has 0 spiro atoms. The van der Waals surface area contributed by atoms with Gasteiger partial charge in [-0.25, -0.2) is 18.9 Å². The third-order valence-electron chi connectivity index (χ3n) is 2.11. The van der Waals surface area contributed by atoms with Crippen molar-refractivity contribution in [2.75, 3.05) is 13.6 Å². The summed E-state index contributed by atoms with van der Waals surface area (Å²) in [6, 6.07) is 4.81. The summed E-state index contributed by atoms with van der Waals surface area (Å²) in [7, 11) is 9.59. The average molecular weight is 394 g/mol. The highest BCUT2D eigenvalue weighted by atomic mass is 35.7. The Morgan fingerprint density at radius 2 is 2.05 bits per heavy atom. The molecule has 1 aromatic rings. The average Bonchev–Trinajstić information content (AvgIpc) is 2.43. The van der Waals surface area contributed by atoms with Gasteiger partial charge in [0.2, 0.25) is 0 Å². The smallest absolute Gasteiger partial charge is 0.312 e. The summed E-state index contributed by atoms with van der Waals surface area (Å²) >= 11 is 0. The van der Waals surface area contributed by atoms with Crippen LogP contribution in [0.25, 0.3) is 0 Å². The number of carbonyl (C=O) groups excluding carboxylic acids is 1. The number of hydrogen-bond acceptors (Lipinski definition) is 6. The number of benzene rings is 1. The summed E-state index contributed by atoms with van der Waals surface area (Å²) in [6.45, 7) is -0.641. The fraction of sp³-hybridized carbons (Fsp3) is 0.222. The van der Waals surface area contributed by atoms with E-state index in [0.717, 1.165) is 29.0 Å². The van der Waals surface area contributed by atoms with Crippen molar-refractivity contribution in [1.29, 1.82) is 0 Å². The van der Waals surface area contributed by atoms with E-state index < -0.39 is 20.3 Å². The first kappa shape index (κ1) is 18.9. The third kappa shape index (κ3) is 6.25. The van der Waals surface area contributed by atoms with Gasteiger partial charge < -0.3 is 9.79 Å². The Kier molecular flexibility index (Phi) is 7.66. The topological polar surface area (TPSA) is 96.3 Å². The van der Waals surface area contributed by atoms with Crippen LogP contribution in [0.15, 0.2) is 28.0 Å². The van der Waals surface area contributed by atoms with Gasteiger partial charge in [0, 0.05) is 11.0 Å². The summed E-state index contributed by atoms with van der Waals surface area (Å²) in [5, 5.41) is 0. The van der Waals surface area contributed by atoms with Gasteiger partial charge in [-0.15, -0.1) is 0 Å². The van der Waals surface area contributed by atoms with Gasteiger partial charge in [0.1, 0.15) is 6.54 Å². The minimum atomic E-state index is -4.50. The molecule has 0 aromatic heterocycles. The number of hydrogen-bond donors (Lipinski definition) is 2. The molecule has 0 saturated heterocycles. The van der Waals surface area contributed by atoms with Gasteiger partial charge in [-0.2, -0.15) is 0 Å². The minimum Gasteiger partial charge on any atom is -0.312 e. The number of likely N-dealkylation sites (N-methyl/N-ethyl adjacent to an activating group) is 1. The molecule has 12 heteroatoms. The summed E-state index contributed by atoms with van der Waals surface area (Å²) in [6.07, 6.45) is 0. The summed E-state index contributed by atoms with van der Waals surface area (Å²) in [5.41, 5.74) is 0. The second-order valence-electron chi connectivity index (χ2n) is 3.63. The van der Waals surface area contributed by atoms with Crippen LogP contribution in [0.1, 0.15) is 0 Å². The molecular formula is C9H10Cl2NO6PS2. The van der Waals surface area contributed by atoms with E-state index in [2.05, 4.69) is 4.89 Å². The lowest BCUT2D eigenvalue weighted by molar-refractivity contribution is -0.214. The van der Waals surface area contributed by atoms with E-state index in [1.807, 2.05) is 0 Å². The van der Waals surface area contributed by atoms with Crippen LogP contribution in [0, 0.1) is 0 Å². The first-order valence-electron chi connectivity index (χ1n) is 5.13. The van der Waals surface area contributed by atoms with E-state index in [4.69, 9.17) is 36.0 Å². The van der Waals surface area contributed by atoms with Crippen molar-refractivity contribution in [3.05, 3.63) is 18.2 Å². The van der Waals surface area contributed by atoms with Crippen LogP contribution in [0.3, 0.4) is 0 Å². The second kappa shape index (κ2) is 8.50. The fourth-order valence-corrected chi connectivity index (χ4v) is 2.59. The SMILES string of the molecule is CN(CC(=O)OOc1cc(SCl)ccc1SCl)P(=O)(O)O. The fourth-order valence-electron chi connectivity index (χ4n) is 1.06. The molecule has 0 aliphatic carbocycles. The molecule has 0 fully saturated rings. The van der Waals surface area contributed by atoms with E-state index in [-0.39, 0.29) is 5.75 Å². The van der Waals surface area contributed by atoms with E-state index in [9.17, 15) is 9.36 Å². The Hall–Kier alpha value is -0.120. The maximum absolute atomic E-state index is 11.4. The highest BCUT2D eigenvalue weighted by Crippen LogP contribution is 2.38. The number of carbonyl (C=O) groups is 1. The monoisotopic (exact) mass is 393 g/mol. The van der Waals surface area contributed by atoms with Gasteiger partial charge in [0.25, 0.3) is 0 Å². The molecule has 0 heterocycles. The van der Waals surface area contributed by atoms with Crippen LogP contribution in [0.2, 0.25) is 0 Å². The Labute approximate surface area is 138 Å². The molecule has 0 unspecified atom stereocenters. The summed E-state index contributed by atoms with van der Waals surface area (Å²) in [5.74, 6) is -0.817. The van der Waals surface area contributed by atoms with E-state index in [1.165, 1.54) is 6.07 Å². The van der Waals surface area contributed by atoms with Gasteiger partial charge >= 0.3 is 13.7 Å². The summed E-state index contributed by atoms with van der Waals surface area (Å²) < 4.78 is 11.4. The molecule has 0 aliphatic rings. The lowest BCUT2D eigenvalue weighted by atomic mass is 10.3. The van der Waals surface area contributed by atoms with Gasteiger partial charge in [0.05, 0.1) is 4.90 Å². The largest absolute Gasteiger partial charge is 0.403 e. The molecule has 2 N–H and O–H groups in total. The zero-order chi connectivity index (χ0) is 16.0. The van der Waals surface area contributed by atoms with Gasteiger partial charge in [0.15, 0.2) is 5.75 Å². The molecule has 0 amide bonds. The quantitative estimate of drug-likeness (QED) is 0.411. The summed E-state index contributed by atoms with van der Waals surface area (Å²) in [4.78, 5) is 39.5. The lowest BCUT2D eigenvalue weighted by Crippen LogP contribution is -2.25. The number of halogens is 2. The molecule has 0 atom stereocenters. The van der Waals surface area contributed by atoms with Crippen molar-refractivity contribution in [2.45, 2.75) is 9.79 Å². The van der Waals surface area contributed by atoms with Crippen molar-refractivity contribution < 1.29 is 28.9 Å². The predicted octanol–water partition coefficient (Wildman–Crippen LogP) is 3.04. The van der Waals surface area contributed by atoms with Crippen LogP contribution in [-0.4, -0.2) is 34.0 Å². The molecule has 1 aromatic carbocycles. The van der Waals surface area contributed by atoms with Gasteiger partial charge in [-0.1, -0.05) is 0 Å². The van der Waals surface area contributed by atoms with Crippen molar-refractivity contribution in [1.82, 2.24) is 4.67 Å². The molecule has 21 heavy (non-hydrogen) atoms. The molecule has 0 saturated carbocycles. The van der Waals surface area contributed by atoms with Crippen LogP contribution in [-0.2, 0) is 14.2 Å². The van der Waals surface area contributed by atoms with Crippen molar-refractivity contribution in [3.8, 4) is 5.75 Å². The third-order valence-corrected chi connectivity index (χ3v) is 5.11. The van der Waals surface area contributed by atoms with Crippen molar-refractivity contribution in [2.24, 2.45) is 0 Å². The van der Waals surface area contributed by atoms with Gasteiger partial charge in [-0.05, 0) is 62.5 Å². The molecule has 0 bridgehead atoms. The lowest BCUT2D eigenvalue weighted by Gasteiger charge is -2.16. The Morgan fingerprint density at radius 1 is 1.38 bits per heavy atom. The van der Waals surface area contributed by atoms with Crippen LogP contribution in [0.4, 0.5) is 0 Å². The number of nitrogens with zero attached hydrogens (tertiary/aromatic N) is 1. The molecule has 118 valence electrons. The Bertz CT molecular complexity index is 557. The zero-order valence-electron chi connectivity index (χ0n) is 10.4. The van der Waals surface area contributed by atoms with E-state index in [1.54, 1.807) is 12.1 Å². The second-order valence-corrected chi connectivity index (χ2v) is 7.49. The van der Waals surface area contributed by atoms with Gasteiger partial charge in [-0.3, -0.25) is 4.89 Å². The molecule has 7 nitrogen and oxygen atoms in total. The zero-order valence-corrected chi connectivity index (χ0v) is 14.5. The molecule has 0 aliphatic heterocycles. The standard InChI is InChI=1S/C9H10Cl2NO6PS2/c1-12(19(14,15)16)5-9(13)18-17-7-4-6(20-10)2-3-8(7)21-11/h2-4H,5H2,1H3,(H2,14,15,16). The Morgan fingerprint density at radius 3 is 2.57 bits per heavy atom. The van der Waals surface area contributed by atoms with E-state index >= 15 is 0 Å². The normalized spacial score (nSPS) is 11.5. The predicted molar refractivity (Wildman–Crippen MR) is 81.3 cm³/mol. The van der Waals surface area contributed by atoms with E-state index in [0.29, 0.717) is 14.5 Å². The molecular weight excluding hydrogens is 384 g/mol. The first-order valence-corrected chi connectivity index (χ1v) is 9.98. The first-order chi connectivity index (χ1) is 9.77.